The average molecular weight is 846 g/mol. The zero-order valence-electron chi connectivity index (χ0n) is 28.9. The van der Waals surface area contributed by atoms with Gasteiger partial charge in [-0.15, -0.1) is 71.3 Å². The topological polar surface area (TPSA) is 30.7 Å². The molecule has 0 saturated carbocycles. The van der Waals surface area contributed by atoms with Crippen molar-refractivity contribution in [2.45, 2.75) is 13.8 Å². The molecule has 1 radical (unpaired) electrons. The van der Waals surface area contributed by atoms with Crippen molar-refractivity contribution in [2.75, 3.05) is 0 Å². The first-order valence-corrected chi connectivity index (χ1v) is 17.2. The number of aryl methyl sites for hydroxylation is 2. The smallest absolute Gasteiger partial charge is 0.0541 e. The van der Waals surface area contributed by atoms with E-state index in [0.717, 1.165) is 39.3 Å². The zero-order chi connectivity index (χ0) is 34.6. The van der Waals surface area contributed by atoms with Crippen LogP contribution in [0, 0.1) is 26.0 Å². The van der Waals surface area contributed by atoms with E-state index >= 15 is 0 Å². The Balaban J connectivity index is 0.000000254. The summed E-state index contributed by atoms with van der Waals surface area (Å²) in [5, 5.41) is 2.53. The third-order valence-corrected chi connectivity index (χ3v) is 9.10. The van der Waals surface area contributed by atoms with Crippen molar-refractivity contribution in [3.8, 4) is 50.5 Å². The number of hydrogen-bond acceptors (Lipinski definition) is 2. The average Bonchev–Trinajstić information content (AvgIpc) is 3.53. The molecule has 253 valence electrons. The van der Waals surface area contributed by atoms with E-state index in [-0.39, 0.29) is 20.1 Å². The van der Waals surface area contributed by atoms with E-state index in [4.69, 9.17) is 0 Å². The van der Waals surface area contributed by atoms with Crippen molar-refractivity contribution in [1.82, 2.24) is 14.5 Å². The molecule has 3 heterocycles. The van der Waals surface area contributed by atoms with Gasteiger partial charge in [0.15, 0.2) is 0 Å². The van der Waals surface area contributed by atoms with E-state index < -0.39 is 0 Å². The van der Waals surface area contributed by atoms with Crippen LogP contribution in [0.1, 0.15) is 11.3 Å². The van der Waals surface area contributed by atoms with Crippen LogP contribution in [-0.2, 0) is 20.1 Å². The molecule has 0 N–H and O–H groups in total. The number of aromatic nitrogens is 3. The number of hydrogen-bond donors (Lipinski definition) is 0. The largest absolute Gasteiger partial charge is 0.309 e. The number of para-hydroxylation sites is 2. The second-order valence-corrected chi connectivity index (χ2v) is 12.6. The molecule has 3 nitrogen and oxygen atoms in total. The molecule has 9 rings (SSSR count). The first-order valence-electron chi connectivity index (χ1n) is 17.2. The molecule has 0 aliphatic heterocycles. The fourth-order valence-electron chi connectivity index (χ4n) is 6.53. The van der Waals surface area contributed by atoms with Gasteiger partial charge in [0.05, 0.1) is 11.0 Å². The van der Waals surface area contributed by atoms with Crippen LogP contribution in [0.3, 0.4) is 0 Å². The quantitative estimate of drug-likeness (QED) is 0.162. The second-order valence-electron chi connectivity index (χ2n) is 12.6. The minimum absolute atomic E-state index is 0. The molecule has 3 aromatic heterocycles. The summed E-state index contributed by atoms with van der Waals surface area (Å²) in [4.78, 5) is 8.98. The summed E-state index contributed by atoms with van der Waals surface area (Å²) >= 11 is 0. The van der Waals surface area contributed by atoms with Crippen LogP contribution in [0.25, 0.3) is 72.3 Å². The van der Waals surface area contributed by atoms with Gasteiger partial charge in [0.1, 0.15) is 0 Å². The van der Waals surface area contributed by atoms with Gasteiger partial charge >= 0.3 is 0 Å². The van der Waals surface area contributed by atoms with Crippen molar-refractivity contribution in [1.29, 1.82) is 0 Å². The Morgan fingerprint density at radius 3 is 1.90 bits per heavy atom. The zero-order valence-corrected chi connectivity index (χ0v) is 31.3. The van der Waals surface area contributed by atoms with Crippen LogP contribution < -0.4 is 0 Å². The molecule has 0 fully saturated rings. The summed E-state index contributed by atoms with van der Waals surface area (Å²) in [7, 11) is 0. The van der Waals surface area contributed by atoms with Gasteiger partial charge in [-0.25, -0.2) is 0 Å². The number of fused-ring (bicyclic) bond motifs is 3. The first-order chi connectivity index (χ1) is 25.1. The Morgan fingerprint density at radius 1 is 0.481 bits per heavy atom. The molecule has 0 aliphatic carbocycles. The molecule has 0 spiro atoms. The summed E-state index contributed by atoms with van der Waals surface area (Å²) in [6.07, 6.45) is 1.90. The first kappa shape index (κ1) is 34.5. The van der Waals surface area contributed by atoms with Crippen LogP contribution in [0.5, 0.6) is 0 Å². The molecule has 0 atom stereocenters. The minimum atomic E-state index is 0. The molecule has 52 heavy (non-hydrogen) atoms. The normalized spacial score (nSPS) is 10.7. The van der Waals surface area contributed by atoms with Gasteiger partial charge in [-0.3, -0.25) is 0 Å². The van der Waals surface area contributed by atoms with E-state index in [1.807, 2.05) is 61.7 Å². The van der Waals surface area contributed by atoms with Crippen molar-refractivity contribution in [3.63, 3.8) is 0 Å². The Morgan fingerprint density at radius 2 is 1.17 bits per heavy atom. The van der Waals surface area contributed by atoms with E-state index in [0.29, 0.717) is 0 Å². The van der Waals surface area contributed by atoms with Gasteiger partial charge in [-0.2, -0.15) is 0 Å². The van der Waals surface area contributed by atoms with Crippen LogP contribution in [0.2, 0.25) is 0 Å². The maximum atomic E-state index is 4.57. The molecule has 0 unspecified atom stereocenters. The van der Waals surface area contributed by atoms with Crippen molar-refractivity contribution >= 4 is 21.8 Å². The van der Waals surface area contributed by atoms with Gasteiger partial charge in [-0.05, 0) is 83.9 Å². The third kappa shape index (κ3) is 7.27. The Bertz CT molecular complexity index is 2570. The predicted molar refractivity (Wildman–Crippen MR) is 212 cm³/mol. The fourth-order valence-corrected chi connectivity index (χ4v) is 6.53. The molecule has 6 aromatic carbocycles. The molecular formula is C48H35IrN3-2. The molecular weight excluding hydrogens is 811 g/mol. The molecule has 0 saturated heterocycles. The summed E-state index contributed by atoms with van der Waals surface area (Å²) in [5.41, 5.74) is 14.6. The second kappa shape index (κ2) is 15.5. The maximum absolute atomic E-state index is 4.57. The van der Waals surface area contributed by atoms with E-state index in [1.165, 1.54) is 44.2 Å². The van der Waals surface area contributed by atoms with Gasteiger partial charge in [0, 0.05) is 48.5 Å². The van der Waals surface area contributed by atoms with Crippen molar-refractivity contribution in [2.24, 2.45) is 0 Å². The molecule has 0 aliphatic rings. The van der Waals surface area contributed by atoms with E-state index in [9.17, 15) is 0 Å². The molecule has 0 amide bonds. The fraction of sp³-hybridized carbons (Fsp3) is 0.0417. The number of nitrogens with zero attached hydrogens (tertiary/aromatic N) is 3. The summed E-state index contributed by atoms with van der Waals surface area (Å²) in [6.45, 7) is 4.05. The Kier molecular flexibility index (Phi) is 10.3. The van der Waals surface area contributed by atoms with Crippen LogP contribution in [-0.4, -0.2) is 14.5 Å². The van der Waals surface area contributed by atoms with Gasteiger partial charge in [0.2, 0.25) is 0 Å². The van der Waals surface area contributed by atoms with Gasteiger partial charge in [0.25, 0.3) is 0 Å². The standard InChI is InChI=1S/C36H25N2.C12H10N.Ir/c1-25-14-20-34(37-24-25)30-9-7-8-28(22-30)26-15-17-27(18-16-26)29-19-21-36-33(23-29)32-12-5-6-13-35(32)38(36)31-10-3-2-4-11-31;1-10-6-5-9-12(13-10)11-7-3-2-4-8-11;/h2-8,10-24H,1H3;2-7,9H,1H3;/q2*-1;. The van der Waals surface area contributed by atoms with E-state index in [1.54, 1.807) is 0 Å². The SMILES string of the molecule is Cc1ccc(-c2[c-]ccc(-c3ccc(-c4ccc5c(c4)c4ccccc4n5-c4ccccc4)cc3)c2)nc1.Cc1cccc(-c2[c-]cccc2)n1.[Ir]. The van der Waals surface area contributed by atoms with Crippen molar-refractivity contribution in [3.05, 3.63) is 199 Å². The van der Waals surface area contributed by atoms with Crippen LogP contribution in [0.4, 0.5) is 0 Å². The summed E-state index contributed by atoms with van der Waals surface area (Å²) < 4.78 is 2.35. The van der Waals surface area contributed by atoms with E-state index in [2.05, 4.69) is 155 Å². The Labute approximate surface area is 318 Å². The number of rotatable bonds is 5. The predicted octanol–water partition coefficient (Wildman–Crippen LogP) is 12.1. The van der Waals surface area contributed by atoms with Gasteiger partial charge in [-0.1, -0.05) is 91.0 Å². The number of benzene rings is 6. The van der Waals surface area contributed by atoms with Gasteiger partial charge < -0.3 is 14.5 Å². The maximum Gasteiger partial charge on any atom is 0.0541 e. The summed E-state index contributed by atoms with van der Waals surface area (Å²) in [6, 6.07) is 65.6. The summed E-state index contributed by atoms with van der Waals surface area (Å²) in [5.74, 6) is 0. The monoisotopic (exact) mass is 846 g/mol. The van der Waals surface area contributed by atoms with Crippen LogP contribution in [0.15, 0.2) is 176 Å². The minimum Gasteiger partial charge on any atom is -0.309 e. The third-order valence-electron chi connectivity index (χ3n) is 9.10. The number of pyridine rings is 2. The molecule has 4 heteroatoms. The molecule has 0 bridgehead atoms. The Hall–Kier alpha value is -5.93. The van der Waals surface area contributed by atoms with Crippen molar-refractivity contribution < 1.29 is 20.1 Å². The molecule has 9 aromatic rings. The van der Waals surface area contributed by atoms with Crippen LogP contribution >= 0.6 is 0 Å².